The van der Waals surface area contributed by atoms with Gasteiger partial charge in [0.15, 0.2) is 0 Å². The van der Waals surface area contributed by atoms with Crippen LogP contribution in [0.5, 0.6) is 0 Å². The Hall–Kier alpha value is 0.856. The minimum atomic E-state index is 0. The molecule has 0 aromatic heterocycles. The Balaban J connectivity index is 0. The van der Waals surface area contributed by atoms with Crippen molar-refractivity contribution in [2.24, 2.45) is 0 Å². The molecule has 0 aromatic rings. The molecule has 0 heterocycles. The van der Waals surface area contributed by atoms with Crippen molar-refractivity contribution in [3.63, 3.8) is 0 Å². The summed E-state index contributed by atoms with van der Waals surface area (Å²) in [4.78, 5) is 0. The van der Waals surface area contributed by atoms with Gasteiger partial charge in [-0.2, -0.15) is 0 Å². The van der Waals surface area contributed by atoms with Gasteiger partial charge in [0.05, 0.1) is 0 Å². The minimum absolute atomic E-state index is 0. The molecule has 0 aliphatic carbocycles. The van der Waals surface area contributed by atoms with E-state index in [0.29, 0.717) is 0 Å². The molecule has 0 aliphatic heterocycles. The van der Waals surface area contributed by atoms with E-state index >= 15 is 0 Å². The molecule has 0 N–H and O–H groups in total. The molecule has 0 aliphatic rings. The summed E-state index contributed by atoms with van der Waals surface area (Å²) in [7, 11) is 0. The summed E-state index contributed by atoms with van der Waals surface area (Å²) in [5, 5.41) is 0. The predicted molar refractivity (Wildman–Crippen MR) is 22.2 cm³/mol. The molecule has 5 heavy (non-hydrogen) atoms. The van der Waals surface area contributed by atoms with Crippen molar-refractivity contribution in [1.29, 1.82) is 0 Å². The van der Waals surface area contributed by atoms with Crippen molar-refractivity contribution >= 4 is 12.6 Å². The van der Waals surface area contributed by atoms with Crippen molar-refractivity contribution < 1.29 is 16.8 Å². The van der Waals surface area contributed by atoms with Gasteiger partial charge in [0.25, 0.3) is 0 Å². The minimum Gasteiger partial charge on any atom is -0.795 e. The second-order valence-corrected chi connectivity index (χ2v) is 0.966. The third kappa shape index (κ3) is 11.5. The van der Waals surface area contributed by atoms with Gasteiger partial charge in [0.1, 0.15) is 0 Å². The summed E-state index contributed by atoms with van der Waals surface area (Å²) in [5.41, 5.74) is 0. The van der Waals surface area contributed by atoms with Crippen molar-refractivity contribution in [1.82, 2.24) is 0 Å². The van der Waals surface area contributed by atoms with Crippen LogP contribution in [-0.4, -0.2) is 5.75 Å². The smallest absolute Gasteiger partial charge is 0.795 e. The fourth-order valence-corrected chi connectivity index (χ4v) is 0. The number of rotatable bonds is 1. The van der Waals surface area contributed by atoms with Crippen LogP contribution >= 0.6 is 0 Å². The first kappa shape index (κ1) is 9.29. The molecule has 2 heteroatoms. The van der Waals surface area contributed by atoms with Gasteiger partial charge in [-0.15, -0.1) is 0 Å². The van der Waals surface area contributed by atoms with Crippen LogP contribution in [0, 0.1) is 6.92 Å². The molecule has 0 aromatic carbocycles. The van der Waals surface area contributed by atoms with E-state index in [0.717, 1.165) is 12.2 Å². The van der Waals surface area contributed by atoms with Crippen molar-refractivity contribution in [2.75, 3.05) is 5.75 Å². The maximum Gasteiger partial charge on any atom is 2.00 e. The molecule has 33 valence electrons. The van der Waals surface area contributed by atoms with E-state index in [4.69, 9.17) is 0 Å². The van der Waals surface area contributed by atoms with Crippen LogP contribution in [0.15, 0.2) is 0 Å². The summed E-state index contributed by atoms with van der Waals surface area (Å²) >= 11 is 4.49. The molecule has 0 saturated heterocycles. The monoisotopic (exact) mass is 133 g/mol. The summed E-state index contributed by atoms with van der Waals surface area (Å²) in [6, 6.07) is 0. The molecule has 0 fully saturated rings. The van der Waals surface area contributed by atoms with E-state index < -0.39 is 0 Å². The predicted octanol–water partition coefficient (Wildman–Crippen LogP) is 0.755. The Morgan fingerprint density at radius 2 is 1.80 bits per heavy atom. The maximum atomic E-state index is 4.49. The van der Waals surface area contributed by atoms with Crippen LogP contribution in [-0.2, 0) is 29.4 Å². The van der Waals surface area contributed by atoms with Crippen LogP contribution in [0.4, 0.5) is 0 Å². The normalized spacial score (nSPS) is 6.00. The van der Waals surface area contributed by atoms with Crippen LogP contribution in [0.25, 0.3) is 0 Å². The molecular formula is C3H6CoS. The Morgan fingerprint density at radius 3 is 1.80 bits per heavy atom. The molecule has 0 spiro atoms. The molecule has 0 atom stereocenters. The van der Waals surface area contributed by atoms with Crippen molar-refractivity contribution in [2.45, 2.75) is 6.42 Å². The Bertz CT molecular complexity index is 8.85. The second kappa shape index (κ2) is 8.85. The average Bonchev–Trinajstić information content (AvgIpc) is 1.37. The zero-order valence-corrected chi connectivity index (χ0v) is 4.72. The van der Waals surface area contributed by atoms with Crippen LogP contribution < -0.4 is 0 Å². The third-order valence-electron chi connectivity index (χ3n) is 0.144. The molecular weight excluding hydrogens is 127 g/mol. The fourth-order valence-electron chi connectivity index (χ4n) is 0. The molecule has 0 bridgehead atoms. The molecule has 0 nitrogen and oxygen atoms in total. The van der Waals surface area contributed by atoms with Gasteiger partial charge < -0.3 is 19.6 Å². The van der Waals surface area contributed by atoms with E-state index in [2.05, 4.69) is 19.6 Å². The van der Waals surface area contributed by atoms with E-state index in [1.165, 1.54) is 0 Å². The van der Waals surface area contributed by atoms with Crippen LogP contribution in [0.1, 0.15) is 6.42 Å². The molecule has 1 radical (unpaired) electrons. The summed E-state index contributed by atoms with van der Waals surface area (Å²) in [6.07, 6.45) is 0.884. The number of hydrogen-bond donors (Lipinski definition) is 0. The fraction of sp³-hybridized carbons (Fsp3) is 0.667. The summed E-state index contributed by atoms with van der Waals surface area (Å²) < 4.78 is 0. The topological polar surface area (TPSA) is 0 Å². The van der Waals surface area contributed by atoms with E-state index in [9.17, 15) is 0 Å². The van der Waals surface area contributed by atoms with Gasteiger partial charge in [-0.1, -0.05) is 0 Å². The van der Waals surface area contributed by atoms with Crippen LogP contribution in [0.3, 0.4) is 0 Å². The zero-order valence-electron chi connectivity index (χ0n) is 2.86. The SMILES string of the molecule is [CH2-]CC[S-].[Co+2]. The van der Waals surface area contributed by atoms with Gasteiger partial charge in [-0.05, 0) is 0 Å². The van der Waals surface area contributed by atoms with E-state index in [-0.39, 0.29) is 16.8 Å². The molecule has 0 amide bonds. The summed E-state index contributed by atoms with van der Waals surface area (Å²) in [6.45, 7) is 3.50. The van der Waals surface area contributed by atoms with Crippen LogP contribution in [0.2, 0.25) is 0 Å². The van der Waals surface area contributed by atoms with Crippen molar-refractivity contribution in [3.8, 4) is 0 Å². The second-order valence-electron chi connectivity index (χ2n) is 0.558. The number of hydrogen-bond acceptors (Lipinski definition) is 1. The van der Waals surface area contributed by atoms with Gasteiger partial charge in [0, 0.05) is 0 Å². The van der Waals surface area contributed by atoms with Gasteiger partial charge in [-0.3, -0.25) is 0 Å². The first-order valence-corrected chi connectivity index (χ1v) is 1.87. The first-order valence-electron chi connectivity index (χ1n) is 1.29. The van der Waals surface area contributed by atoms with Crippen molar-refractivity contribution in [3.05, 3.63) is 6.92 Å². The average molecular weight is 133 g/mol. The van der Waals surface area contributed by atoms with Gasteiger partial charge in [-0.25, -0.2) is 12.2 Å². The third-order valence-corrected chi connectivity index (χ3v) is 0.433. The maximum absolute atomic E-state index is 4.49. The van der Waals surface area contributed by atoms with E-state index in [1.54, 1.807) is 0 Å². The molecule has 0 saturated carbocycles. The Kier molecular flexibility index (Phi) is 16.4. The quantitative estimate of drug-likeness (QED) is 0.376. The Morgan fingerprint density at radius 1 is 1.60 bits per heavy atom. The van der Waals surface area contributed by atoms with Gasteiger partial charge in [0.2, 0.25) is 0 Å². The largest absolute Gasteiger partial charge is 2.00 e. The Labute approximate surface area is 48.9 Å². The van der Waals surface area contributed by atoms with Gasteiger partial charge >= 0.3 is 16.8 Å². The molecule has 0 rings (SSSR count). The summed E-state index contributed by atoms with van der Waals surface area (Å²) in [5.74, 6) is 0.792. The molecule has 0 unspecified atom stereocenters. The standard InChI is InChI=1S/C3H7S.Co/c1-2-3-4;/h4H,1-3H2;/q-1;+2/p-1. The zero-order chi connectivity index (χ0) is 3.41. The van der Waals surface area contributed by atoms with E-state index in [1.807, 2.05) is 0 Å². The first-order chi connectivity index (χ1) is 1.91.